The summed E-state index contributed by atoms with van der Waals surface area (Å²) in [7, 11) is 1.19. The summed E-state index contributed by atoms with van der Waals surface area (Å²) in [5, 5.41) is 7.14. The van der Waals surface area contributed by atoms with E-state index in [-0.39, 0.29) is 23.6 Å². The quantitative estimate of drug-likeness (QED) is 0.636. The lowest BCUT2D eigenvalue weighted by molar-refractivity contribution is -0.130. The van der Waals surface area contributed by atoms with E-state index in [4.69, 9.17) is 17.4 Å². The van der Waals surface area contributed by atoms with Crippen LogP contribution in [-0.4, -0.2) is 46.8 Å². The summed E-state index contributed by atoms with van der Waals surface area (Å²) in [6.45, 7) is 0.290. The van der Waals surface area contributed by atoms with Gasteiger partial charge in [-0.15, -0.1) is 0 Å². The second-order valence-electron chi connectivity index (χ2n) is 5.96. The Bertz CT molecular complexity index is 867. The van der Waals surface area contributed by atoms with Crippen molar-refractivity contribution in [2.45, 2.75) is 18.9 Å². The first-order valence-corrected chi connectivity index (χ1v) is 8.74. The van der Waals surface area contributed by atoms with Crippen LogP contribution in [0.2, 0.25) is 5.15 Å². The van der Waals surface area contributed by atoms with Crippen LogP contribution in [0.15, 0.2) is 40.6 Å². The molecule has 0 radical (unpaired) electrons. The second kappa shape index (κ2) is 8.17. The minimum absolute atomic E-state index is 0.254. The molecule has 2 amide bonds. The van der Waals surface area contributed by atoms with Gasteiger partial charge in [-0.2, -0.15) is 5.11 Å². The van der Waals surface area contributed by atoms with Gasteiger partial charge in [0.15, 0.2) is 11.0 Å². The zero-order chi connectivity index (χ0) is 19.4. The molecular weight excluding hydrogens is 372 g/mol. The van der Waals surface area contributed by atoms with E-state index in [1.807, 2.05) is 30.3 Å². The van der Waals surface area contributed by atoms with Gasteiger partial charge >= 0.3 is 6.09 Å². The normalized spacial score (nSPS) is 16.8. The summed E-state index contributed by atoms with van der Waals surface area (Å²) in [6.07, 6.45) is 0.659. The lowest BCUT2D eigenvalue weighted by Crippen LogP contribution is -2.34. The van der Waals surface area contributed by atoms with Crippen LogP contribution < -0.4 is 5.84 Å². The van der Waals surface area contributed by atoms with Crippen molar-refractivity contribution in [1.82, 2.24) is 14.6 Å². The summed E-state index contributed by atoms with van der Waals surface area (Å²) in [6, 6.07) is 9.13. The number of hydrogen-bond acceptors (Lipinski definition) is 6. The van der Waals surface area contributed by atoms with Gasteiger partial charge in [0.2, 0.25) is 5.91 Å². The fourth-order valence-corrected chi connectivity index (χ4v) is 3.42. The zero-order valence-electron chi connectivity index (χ0n) is 14.7. The van der Waals surface area contributed by atoms with E-state index in [0.717, 1.165) is 12.0 Å². The fourth-order valence-electron chi connectivity index (χ4n) is 3.13. The molecular formula is C17H19ClN6O3. The van der Waals surface area contributed by atoms with Gasteiger partial charge in [-0.1, -0.05) is 47.0 Å². The van der Waals surface area contributed by atoms with E-state index >= 15 is 0 Å². The Morgan fingerprint density at radius 1 is 1.37 bits per heavy atom. The highest BCUT2D eigenvalue weighted by molar-refractivity contribution is 6.32. The summed E-state index contributed by atoms with van der Waals surface area (Å²) in [4.78, 5) is 29.5. The Kier molecular flexibility index (Phi) is 5.70. The number of rotatable bonds is 4. The first-order chi connectivity index (χ1) is 13.0. The van der Waals surface area contributed by atoms with Crippen molar-refractivity contribution in [2.24, 2.45) is 10.2 Å². The number of carbonyl (C=O) groups excluding carboxylic acids is 2. The fraction of sp³-hybridized carbons (Fsp3) is 0.353. The Morgan fingerprint density at radius 2 is 2.11 bits per heavy atom. The van der Waals surface area contributed by atoms with Crippen LogP contribution in [0.25, 0.3) is 11.3 Å². The Hall–Kier alpha value is -2.94. The predicted molar refractivity (Wildman–Crippen MR) is 98.6 cm³/mol. The number of carbonyl (C=O) groups is 2. The maximum absolute atomic E-state index is 12.5. The maximum Gasteiger partial charge on any atom is 0.451 e. The molecule has 142 valence electrons. The number of imidazole rings is 1. The molecule has 1 fully saturated rings. The molecule has 0 spiro atoms. The van der Waals surface area contributed by atoms with Crippen LogP contribution in [-0.2, 0) is 9.53 Å². The molecule has 1 aliphatic heterocycles. The van der Waals surface area contributed by atoms with Crippen molar-refractivity contribution in [1.29, 1.82) is 0 Å². The van der Waals surface area contributed by atoms with Crippen molar-refractivity contribution in [2.75, 3.05) is 26.0 Å². The van der Waals surface area contributed by atoms with Crippen molar-refractivity contribution in [3.8, 4) is 11.3 Å². The minimum atomic E-state index is -0.849. The van der Waals surface area contributed by atoms with Gasteiger partial charge in [0.25, 0.3) is 0 Å². The summed E-state index contributed by atoms with van der Waals surface area (Å²) >= 11 is 6.32. The molecule has 0 saturated carbocycles. The van der Waals surface area contributed by atoms with E-state index < -0.39 is 6.09 Å². The van der Waals surface area contributed by atoms with Crippen LogP contribution in [0.5, 0.6) is 0 Å². The third-order valence-electron chi connectivity index (χ3n) is 4.35. The van der Waals surface area contributed by atoms with Crippen molar-refractivity contribution in [3.63, 3.8) is 0 Å². The van der Waals surface area contributed by atoms with Crippen LogP contribution in [0.3, 0.4) is 0 Å². The van der Waals surface area contributed by atoms with Gasteiger partial charge in [-0.3, -0.25) is 4.79 Å². The summed E-state index contributed by atoms with van der Waals surface area (Å²) < 4.78 is 5.79. The van der Waals surface area contributed by atoms with E-state index in [0.29, 0.717) is 24.5 Å². The first kappa shape index (κ1) is 18.8. The molecule has 10 heteroatoms. The third-order valence-corrected chi connectivity index (χ3v) is 4.61. The topological polar surface area (TPSA) is 115 Å². The molecule has 27 heavy (non-hydrogen) atoms. The molecule has 1 aromatic carbocycles. The third kappa shape index (κ3) is 3.92. The van der Waals surface area contributed by atoms with Gasteiger partial charge in [-0.25, -0.2) is 14.5 Å². The number of likely N-dealkylation sites (tertiary alicyclic amines) is 1. The SMILES string of the molecule is COC(=O)N=NCC(=O)N1CCC[C@H]1c1nc(Cl)c(-c2ccccc2)n1N. The maximum atomic E-state index is 12.5. The monoisotopic (exact) mass is 390 g/mol. The van der Waals surface area contributed by atoms with Gasteiger partial charge in [0.05, 0.1) is 13.2 Å². The molecule has 2 heterocycles. The molecule has 1 saturated heterocycles. The van der Waals surface area contributed by atoms with E-state index in [1.165, 1.54) is 11.8 Å². The minimum Gasteiger partial charge on any atom is -0.450 e. The molecule has 0 bridgehead atoms. The molecule has 1 aliphatic rings. The Balaban J connectivity index is 1.82. The number of nitrogens with two attached hydrogens (primary N) is 1. The molecule has 2 N–H and O–H groups in total. The number of methoxy groups -OCH3 is 1. The lowest BCUT2D eigenvalue weighted by atomic mass is 10.1. The number of hydrogen-bond donors (Lipinski definition) is 1. The van der Waals surface area contributed by atoms with Crippen LogP contribution in [0.1, 0.15) is 24.7 Å². The lowest BCUT2D eigenvalue weighted by Gasteiger charge is -2.23. The predicted octanol–water partition coefficient (Wildman–Crippen LogP) is 2.80. The second-order valence-corrected chi connectivity index (χ2v) is 6.32. The highest BCUT2D eigenvalue weighted by atomic mass is 35.5. The molecule has 1 atom stereocenters. The molecule has 0 aliphatic carbocycles. The number of ether oxygens (including phenoxy) is 1. The molecule has 2 aromatic rings. The van der Waals surface area contributed by atoms with E-state index in [1.54, 1.807) is 4.90 Å². The highest BCUT2D eigenvalue weighted by Gasteiger charge is 2.34. The molecule has 9 nitrogen and oxygen atoms in total. The van der Waals surface area contributed by atoms with Crippen molar-refractivity contribution < 1.29 is 14.3 Å². The molecule has 0 unspecified atom stereocenters. The van der Waals surface area contributed by atoms with Crippen molar-refractivity contribution >= 4 is 23.6 Å². The Morgan fingerprint density at radius 3 is 2.81 bits per heavy atom. The number of amides is 2. The van der Waals surface area contributed by atoms with E-state index in [9.17, 15) is 9.59 Å². The number of nitrogens with zero attached hydrogens (tertiary/aromatic N) is 5. The summed E-state index contributed by atoms with van der Waals surface area (Å²) in [5.41, 5.74) is 1.43. The number of azo groups is 1. The average Bonchev–Trinajstić information content (AvgIpc) is 3.26. The number of halogens is 1. The zero-order valence-corrected chi connectivity index (χ0v) is 15.5. The van der Waals surface area contributed by atoms with Gasteiger partial charge in [0, 0.05) is 12.1 Å². The van der Waals surface area contributed by atoms with Gasteiger partial charge < -0.3 is 15.5 Å². The number of nitrogen functional groups attached to an aromatic ring is 1. The van der Waals surface area contributed by atoms with Gasteiger partial charge in [-0.05, 0) is 12.8 Å². The largest absolute Gasteiger partial charge is 0.451 e. The van der Waals surface area contributed by atoms with Crippen LogP contribution in [0, 0.1) is 0 Å². The van der Waals surface area contributed by atoms with E-state index in [2.05, 4.69) is 19.9 Å². The first-order valence-electron chi connectivity index (χ1n) is 8.36. The highest BCUT2D eigenvalue weighted by Crippen LogP contribution is 2.35. The average molecular weight is 391 g/mol. The Labute approximate surface area is 160 Å². The number of aromatic nitrogens is 2. The molecule has 1 aromatic heterocycles. The van der Waals surface area contributed by atoms with Crippen LogP contribution in [0.4, 0.5) is 4.79 Å². The van der Waals surface area contributed by atoms with Crippen LogP contribution >= 0.6 is 11.6 Å². The summed E-state index contributed by atoms with van der Waals surface area (Å²) in [5.74, 6) is 6.50. The standard InChI is InChI=1S/C17H19ClN6O3/c1-27-17(26)22-20-10-13(25)23-9-5-8-12(23)16-21-15(18)14(24(16)19)11-6-3-2-4-7-11/h2-4,6-7,12H,5,8-10,19H2,1H3/t12-/m0/s1. The molecule has 3 rings (SSSR count). The van der Waals surface area contributed by atoms with Gasteiger partial charge in [0.1, 0.15) is 12.2 Å². The van der Waals surface area contributed by atoms with Crippen molar-refractivity contribution in [3.05, 3.63) is 41.3 Å². The smallest absolute Gasteiger partial charge is 0.450 e. The number of benzene rings is 1.